The minimum absolute atomic E-state index is 0.151. The summed E-state index contributed by atoms with van der Waals surface area (Å²) < 4.78 is 11.9. The molecule has 0 aromatic carbocycles. The molecule has 1 amide bonds. The predicted molar refractivity (Wildman–Crippen MR) is 128 cm³/mol. The lowest BCUT2D eigenvalue weighted by Gasteiger charge is -2.37. The Morgan fingerprint density at radius 1 is 1.03 bits per heavy atom. The van der Waals surface area contributed by atoms with Crippen LogP contribution >= 0.6 is 0 Å². The summed E-state index contributed by atoms with van der Waals surface area (Å²) in [6.45, 7) is 24.0. The number of nitrogens with zero attached hydrogens (tertiary/aromatic N) is 3. The topological polar surface area (TPSA) is 45.3 Å². The Labute approximate surface area is 191 Å². The molecule has 182 valence electrons. The normalized spacial score (nSPS) is 23.1. The Morgan fingerprint density at radius 2 is 1.71 bits per heavy atom. The molecule has 0 aliphatic carbocycles. The summed E-state index contributed by atoms with van der Waals surface area (Å²) in [7, 11) is 0. The molecule has 0 aromatic rings. The van der Waals surface area contributed by atoms with E-state index >= 15 is 0 Å². The molecule has 2 saturated heterocycles. The van der Waals surface area contributed by atoms with Crippen LogP contribution in [-0.4, -0.2) is 91.5 Å². The van der Waals surface area contributed by atoms with E-state index in [1.165, 1.54) is 6.42 Å². The summed E-state index contributed by atoms with van der Waals surface area (Å²) in [5, 5.41) is 0. The molecule has 2 heterocycles. The maximum atomic E-state index is 12.7. The molecular formula is C25H49N3O3. The molecule has 2 unspecified atom stereocenters. The van der Waals surface area contributed by atoms with Crippen LogP contribution in [0.1, 0.15) is 74.1 Å². The van der Waals surface area contributed by atoms with Gasteiger partial charge in [0.1, 0.15) is 5.60 Å². The molecule has 0 bridgehead atoms. The summed E-state index contributed by atoms with van der Waals surface area (Å²) in [6.07, 6.45) is 4.39. The van der Waals surface area contributed by atoms with Gasteiger partial charge >= 0.3 is 6.09 Å². The smallest absolute Gasteiger partial charge is 0.410 e. The van der Waals surface area contributed by atoms with Gasteiger partial charge in [0.15, 0.2) is 0 Å². The lowest BCUT2D eigenvalue weighted by atomic mass is 9.92. The van der Waals surface area contributed by atoms with Crippen molar-refractivity contribution in [2.75, 3.05) is 59.0 Å². The summed E-state index contributed by atoms with van der Waals surface area (Å²) >= 11 is 0. The van der Waals surface area contributed by atoms with E-state index in [4.69, 9.17) is 9.47 Å². The number of rotatable bonds is 9. The fourth-order valence-corrected chi connectivity index (χ4v) is 4.37. The van der Waals surface area contributed by atoms with Crippen molar-refractivity contribution >= 4 is 6.09 Å². The monoisotopic (exact) mass is 439 g/mol. The largest absolute Gasteiger partial charge is 0.443 e. The number of carbonyl (C=O) groups is 1. The van der Waals surface area contributed by atoms with Gasteiger partial charge in [-0.05, 0) is 64.0 Å². The molecule has 2 rings (SSSR count). The average Bonchev–Trinajstić information content (AvgIpc) is 2.70. The van der Waals surface area contributed by atoms with Gasteiger partial charge in [0.05, 0.1) is 12.7 Å². The number of amides is 1. The van der Waals surface area contributed by atoms with Gasteiger partial charge in [-0.3, -0.25) is 9.80 Å². The summed E-state index contributed by atoms with van der Waals surface area (Å²) in [4.78, 5) is 19.5. The van der Waals surface area contributed by atoms with Gasteiger partial charge in [-0.25, -0.2) is 4.79 Å². The first-order valence-electron chi connectivity index (χ1n) is 12.5. The van der Waals surface area contributed by atoms with Crippen LogP contribution in [0, 0.1) is 11.3 Å². The first kappa shape index (κ1) is 26.4. The lowest BCUT2D eigenvalue weighted by Crippen LogP contribution is -2.50. The van der Waals surface area contributed by atoms with Crippen molar-refractivity contribution in [2.45, 2.75) is 85.9 Å². The van der Waals surface area contributed by atoms with Crippen molar-refractivity contribution in [3.63, 3.8) is 0 Å². The van der Waals surface area contributed by atoms with E-state index in [1.54, 1.807) is 0 Å². The molecule has 0 aromatic heterocycles. The minimum atomic E-state index is -0.433. The molecular weight excluding hydrogens is 390 g/mol. The molecule has 0 N–H and O–H groups in total. The number of hydrogen-bond acceptors (Lipinski definition) is 5. The van der Waals surface area contributed by atoms with E-state index in [1.807, 2.05) is 18.7 Å². The summed E-state index contributed by atoms with van der Waals surface area (Å²) in [5.41, 5.74) is -0.0761. The fourth-order valence-electron chi connectivity index (χ4n) is 4.37. The van der Waals surface area contributed by atoms with E-state index in [0.717, 1.165) is 78.2 Å². The standard InChI is InChI=1S/C25H49N3O3/c1-8-26-17-18-30-22(20-26)19-21(2)9-10-25(6,7)31-23(29)28-15-13-27(14-16-28)12-11-24(3,4)5/h21-22H,8-20H2,1-7H3. The van der Waals surface area contributed by atoms with Gasteiger partial charge < -0.3 is 14.4 Å². The Kier molecular flexibility index (Phi) is 10.1. The molecule has 2 aliphatic heterocycles. The molecule has 0 spiro atoms. The van der Waals surface area contributed by atoms with Gasteiger partial charge in [0, 0.05) is 39.3 Å². The Hall–Kier alpha value is -0.850. The fraction of sp³-hybridized carbons (Fsp3) is 0.960. The Morgan fingerprint density at radius 3 is 2.32 bits per heavy atom. The van der Waals surface area contributed by atoms with E-state index in [9.17, 15) is 4.79 Å². The van der Waals surface area contributed by atoms with Crippen LogP contribution in [0.2, 0.25) is 0 Å². The second kappa shape index (κ2) is 11.9. The van der Waals surface area contributed by atoms with Crippen LogP contribution in [0.15, 0.2) is 0 Å². The van der Waals surface area contributed by atoms with Crippen LogP contribution in [0.25, 0.3) is 0 Å². The van der Waals surface area contributed by atoms with Gasteiger partial charge in [-0.2, -0.15) is 0 Å². The van der Waals surface area contributed by atoms with E-state index in [-0.39, 0.29) is 6.09 Å². The molecule has 6 nitrogen and oxygen atoms in total. The number of carbonyl (C=O) groups excluding carboxylic acids is 1. The number of piperazine rings is 1. The van der Waals surface area contributed by atoms with Crippen LogP contribution in [-0.2, 0) is 9.47 Å². The van der Waals surface area contributed by atoms with Crippen LogP contribution in [0.3, 0.4) is 0 Å². The number of likely N-dealkylation sites (N-methyl/N-ethyl adjacent to an activating group) is 1. The zero-order valence-corrected chi connectivity index (χ0v) is 21.4. The third-order valence-corrected chi connectivity index (χ3v) is 6.75. The first-order valence-corrected chi connectivity index (χ1v) is 12.5. The van der Waals surface area contributed by atoms with Gasteiger partial charge in [-0.1, -0.05) is 34.6 Å². The van der Waals surface area contributed by atoms with Gasteiger partial charge in [0.25, 0.3) is 0 Å². The number of hydrogen-bond donors (Lipinski definition) is 0. The zero-order valence-electron chi connectivity index (χ0n) is 21.4. The number of morpholine rings is 1. The second-order valence-corrected chi connectivity index (χ2v) is 11.5. The van der Waals surface area contributed by atoms with E-state index < -0.39 is 5.60 Å². The average molecular weight is 440 g/mol. The highest BCUT2D eigenvalue weighted by atomic mass is 16.6. The molecule has 2 aliphatic rings. The second-order valence-electron chi connectivity index (χ2n) is 11.5. The predicted octanol–water partition coefficient (Wildman–Crippen LogP) is 4.48. The van der Waals surface area contributed by atoms with Gasteiger partial charge in [0.2, 0.25) is 0 Å². The van der Waals surface area contributed by atoms with E-state index in [2.05, 4.69) is 44.4 Å². The lowest BCUT2D eigenvalue weighted by molar-refractivity contribution is -0.0397. The van der Waals surface area contributed by atoms with Crippen LogP contribution < -0.4 is 0 Å². The third kappa shape index (κ3) is 10.1. The summed E-state index contributed by atoms with van der Waals surface area (Å²) in [6, 6.07) is 0. The van der Waals surface area contributed by atoms with Crippen molar-refractivity contribution < 1.29 is 14.3 Å². The quantitative estimate of drug-likeness (QED) is 0.530. The van der Waals surface area contributed by atoms with Crippen LogP contribution in [0.5, 0.6) is 0 Å². The maximum Gasteiger partial charge on any atom is 0.410 e. The third-order valence-electron chi connectivity index (χ3n) is 6.75. The molecule has 31 heavy (non-hydrogen) atoms. The van der Waals surface area contributed by atoms with Crippen molar-refractivity contribution in [1.82, 2.24) is 14.7 Å². The highest BCUT2D eigenvalue weighted by Crippen LogP contribution is 2.25. The molecule has 2 atom stereocenters. The number of ether oxygens (including phenoxy) is 2. The zero-order chi connectivity index (χ0) is 23.1. The van der Waals surface area contributed by atoms with Crippen molar-refractivity contribution in [1.29, 1.82) is 0 Å². The molecule has 0 saturated carbocycles. The Balaban J connectivity index is 1.67. The molecule has 2 fully saturated rings. The minimum Gasteiger partial charge on any atom is -0.443 e. The van der Waals surface area contributed by atoms with E-state index in [0.29, 0.717) is 17.4 Å². The highest BCUT2D eigenvalue weighted by molar-refractivity contribution is 5.68. The SMILES string of the molecule is CCN1CCOC(CC(C)CCC(C)(C)OC(=O)N2CCN(CCC(C)(C)C)CC2)C1. The van der Waals surface area contributed by atoms with Crippen molar-refractivity contribution in [3.05, 3.63) is 0 Å². The highest BCUT2D eigenvalue weighted by Gasteiger charge is 2.30. The summed E-state index contributed by atoms with van der Waals surface area (Å²) in [5.74, 6) is 0.561. The van der Waals surface area contributed by atoms with Crippen molar-refractivity contribution in [2.24, 2.45) is 11.3 Å². The van der Waals surface area contributed by atoms with Crippen molar-refractivity contribution in [3.8, 4) is 0 Å². The molecule has 6 heteroatoms. The first-order chi connectivity index (χ1) is 14.5. The maximum absolute atomic E-state index is 12.7. The van der Waals surface area contributed by atoms with Gasteiger partial charge in [-0.15, -0.1) is 0 Å². The molecule has 0 radical (unpaired) electrons. The van der Waals surface area contributed by atoms with Crippen LogP contribution in [0.4, 0.5) is 4.79 Å². The Bertz CT molecular complexity index is 539.